The first-order valence-corrected chi connectivity index (χ1v) is 13.7. The fourth-order valence-corrected chi connectivity index (χ4v) is 6.51. The van der Waals surface area contributed by atoms with Crippen molar-refractivity contribution in [2.75, 3.05) is 6.61 Å². The summed E-state index contributed by atoms with van der Waals surface area (Å²) in [6.07, 6.45) is 2.02. The van der Waals surface area contributed by atoms with Crippen LogP contribution >= 0.6 is 11.6 Å². The average molecular weight is 547 g/mol. The number of nitrogens with zero attached hydrogens (tertiary/aromatic N) is 1. The Balaban J connectivity index is 1.78. The van der Waals surface area contributed by atoms with Gasteiger partial charge in [-0.2, -0.15) is 0 Å². The van der Waals surface area contributed by atoms with Crippen molar-refractivity contribution in [3.8, 4) is 5.75 Å². The van der Waals surface area contributed by atoms with E-state index >= 15 is 0 Å². The van der Waals surface area contributed by atoms with Crippen LogP contribution in [0.5, 0.6) is 5.75 Å². The standard InChI is InChI=1S/C32H34ClNO5/c1-31(2)13-22-29(24(35)15-31)28(21-12-20(33)10-11-26(21)39-18-27(37)38)30-23(14-32(3,4)16-25(30)36)34(22)17-19-8-6-5-7-9-19/h5-12,28H,13-18H2,1-4H3,(H,37,38)/p-1. The summed E-state index contributed by atoms with van der Waals surface area (Å²) < 4.78 is 5.64. The van der Waals surface area contributed by atoms with Crippen LogP contribution in [0.15, 0.2) is 71.1 Å². The molecule has 0 saturated carbocycles. The van der Waals surface area contributed by atoms with Crippen molar-refractivity contribution in [3.63, 3.8) is 0 Å². The minimum absolute atomic E-state index is 0.0145. The summed E-state index contributed by atoms with van der Waals surface area (Å²) in [4.78, 5) is 41.5. The largest absolute Gasteiger partial charge is 0.546 e. The maximum Gasteiger partial charge on any atom is 0.162 e. The molecule has 0 aromatic heterocycles. The second-order valence-electron chi connectivity index (χ2n) is 12.5. The molecule has 1 aliphatic heterocycles. The summed E-state index contributed by atoms with van der Waals surface area (Å²) >= 11 is 6.45. The number of allylic oxidation sites excluding steroid dienone is 4. The van der Waals surface area contributed by atoms with E-state index in [9.17, 15) is 19.5 Å². The molecule has 6 nitrogen and oxygen atoms in total. The number of ether oxygens (including phenoxy) is 1. The quantitative estimate of drug-likeness (QED) is 0.485. The minimum atomic E-state index is -1.36. The lowest BCUT2D eigenvalue weighted by Crippen LogP contribution is -2.44. The van der Waals surface area contributed by atoms with E-state index in [-0.39, 0.29) is 28.1 Å². The van der Waals surface area contributed by atoms with Crippen LogP contribution in [0.25, 0.3) is 0 Å². The van der Waals surface area contributed by atoms with Crippen molar-refractivity contribution < 1.29 is 24.2 Å². The Labute approximate surface area is 234 Å². The summed E-state index contributed by atoms with van der Waals surface area (Å²) in [6, 6.07) is 15.0. The first kappa shape index (κ1) is 27.2. The topological polar surface area (TPSA) is 86.7 Å². The number of carbonyl (C=O) groups is 3. The van der Waals surface area contributed by atoms with E-state index in [4.69, 9.17) is 16.3 Å². The van der Waals surface area contributed by atoms with Gasteiger partial charge >= 0.3 is 0 Å². The number of halogens is 1. The number of carbonyl (C=O) groups excluding carboxylic acids is 3. The first-order chi connectivity index (χ1) is 18.3. The molecule has 0 amide bonds. The number of carboxylic acids is 1. The Bertz CT molecular complexity index is 1370. The number of ketones is 2. The lowest BCUT2D eigenvalue weighted by atomic mass is 9.63. The van der Waals surface area contributed by atoms with Gasteiger partial charge in [-0.25, -0.2) is 0 Å². The number of rotatable bonds is 6. The van der Waals surface area contributed by atoms with Gasteiger partial charge in [0, 0.05) is 58.4 Å². The van der Waals surface area contributed by atoms with E-state index in [1.54, 1.807) is 18.2 Å². The molecule has 39 heavy (non-hydrogen) atoms. The summed E-state index contributed by atoms with van der Waals surface area (Å²) in [6.45, 7) is 8.27. The van der Waals surface area contributed by atoms with E-state index in [2.05, 4.69) is 44.7 Å². The number of hydrogen-bond acceptors (Lipinski definition) is 6. The van der Waals surface area contributed by atoms with Crippen LogP contribution in [0.2, 0.25) is 5.02 Å². The average Bonchev–Trinajstić information content (AvgIpc) is 2.83. The molecular weight excluding hydrogens is 514 g/mol. The molecule has 0 radical (unpaired) electrons. The normalized spacial score (nSPS) is 20.6. The maximum atomic E-state index is 14.0. The molecule has 0 bridgehead atoms. The van der Waals surface area contributed by atoms with E-state index in [1.165, 1.54) is 0 Å². The van der Waals surface area contributed by atoms with Crippen LogP contribution in [-0.2, 0) is 20.9 Å². The van der Waals surface area contributed by atoms with Gasteiger partial charge in [0.05, 0.1) is 5.97 Å². The third-order valence-corrected chi connectivity index (χ3v) is 8.07. The van der Waals surface area contributed by atoms with E-state index in [0.29, 0.717) is 54.0 Å². The van der Waals surface area contributed by atoms with Gasteiger partial charge in [0.1, 0.15) is 12.4 Å². The van der Waals surface area contributed by atoms with Crippen molar-refractivity contribution in [2.24, 2.45) is 10.8 Å². The van der Waals surface area contributed by atoms with Crippen LogP contribution in [-0.4, -0.2) is 29.0 Å². The molecule has 3 aliphatic rings. The van der Waals surface area contributed by atoms with Crippen molar-refractivity contribution in [3.05, 3.63) is 87.2 Å². The highest BCUT2D eigenvalue weighted by Crippen LogP contribution is 2.56. The molecule has 2 aromatic carbocycles. The Hall–Kier alpha value is -3.38. The first-order valence-electron chi connectivity index (χ1n) is 13.3. The molecule has 0 atom stereocenters. The number of Topliss-reactive ketones (excluding diaryl/α,β-unsaturated/α-hetero) is 2. The van der Waals surface area contributed by atoms with Crippen LogP contribution in [0, 0.1) is 10.8 Å². The van der Waals surface area contributed by atoms with Gasteiger partial charge in [-0.05, 0) is 47.4 Å². The zero-order valence-corrected chi connectivity index (χ0v) is 23.6. The molecule has 5 rings (SSSR count). The SMILES string of the molecule is CC1(C)CC(=O)C2=C(C1)N(Cc1ccccc1)C1=C(C(=O)CC(C)(C)C1)C2c1cc(Cl)ccc1OCC(=O)[O-]. The highest BCUT2D eigenvalue weighted by molar-refractivity contribution is 6.30. The monoisotopic (exact) mass is 546 g/mol. The highest BCUT2D eigenvalue weighted by Gasteiger charge is 2.49. The number of hydrogen-bond donors (Lipinski definition) is 0. The second-order valence-corrected chi connectivity index (χ2v) is 12.9. The van der Waals surface area contributed by atoms with Gasteiger partial charge in [-0.15, -0.1) is 0 Å². The van der Waals surface area contributed by atoms with Crippen molar-refractivity contribution in [1.82, 2.24) is 4.90 Å². The van der Waals surface area contributed by atoms with Crippen LogP contribution in [0.3, 0.4) is 0 Å². The van der Waals surface area contributed by atoms with Gasteiger partial charge in [0.25, 0.3) is 0 Å². The van der Waals surface area contributed by atoms with Crippen molar-refractivity contribution in [2.45, 2.75) is 65.8 Å². The van der Waals surface area contributed by atoms with E-state index in [1.807, 2.05) is 18.2 Å². The minimum Gasteiger partial charge on any atom is -0.546 e. The maximum absolute atomic E-state index is 14.0. The van der Waals surface area contributed by atoms with Crippen molar-refractivity contribution in [1.29, 1.82) is 0 Å². The lowest BCUT2D eigenvalue weighted by Gasteiger charge is -2.49. The number of benzene rings is 2. The molecule has 1 heterocycles. The molecule has 2 aliphatic carbocycles. The van der Waals surface area contributed by atoms with Gasteiger partial charge in [-0.1, -0.05) is 69.6 Å². The fourth-order valence-electron chi connectivity index (χ4n) is 6.33. The van der Waals surface area contributed by atoms with Crippen LogP contribution < -0.4 is 9.84 Å². The van der Waals surface area contributed by atoms with Gasteiger partial charge in [0.2, 0.25) is 0 Å². The van der Waals surface area contributed by atoms with E-state index < -0.39 is 18.5 Å². The molecule has 0 unspecified atom stereocenters. The molecule has 0 N–H and O–H groups in total. The smallest absolute Gasteiger partial charge is 0.162 e. The molecule has 7 heteroatoms. The Morgan fingerprint density at radius 2 is 1.49 bits per heavy atom. The predicted octanol–water partition coefficient (Wildman–Crippen LogP) is 5.35. The molecule has 2 aromatic rings. The molecule has 204 valence electrons. The summed E-state index contributed by atoms with van der Waals surface area (Å²) in [7, 11) is 0. The zero-order valence-electron chi connectivity index (χ0n) is 22.8. The van der Waals surface area contributed by atoms with E-state index in [0.717, 1.165) is 17.0 Å². The summed E-state index contributed by atoms with van der Waals surface area (Å²) in [5.41, 5.74) is 4.09. The third-order valence-electron chi connectivity index (χ3n) is 7.83. The van der Waals surface area contributed by atoms with Gasteiger partial charge in [-0.3, -0.25) is 9.59 Å². The zero-order chi connectivity index (χ0) is 28.1. The number of carboxylic acid groups (broad SMARTS) is 1. The Kier molecular flexibility index (Phi) is 6.96. The Morgan fingerprint density at radius 3 is 2.03 bits per heavy atom. The molecule has 0 saturated heterocycles. The van der Waals surface area contributed by atoms with Crippen LogP contribution in [0.4, 0.5) is 0 Å². The summed E-state index contributed by atoms with van der Waals surface area (Å²) in [5.74, 6) is -1.80. The van der Waals surface area contributed by atoms with Gasteiger partial charge in [0.15, 0.2) is 11.6 Å². The molecule has 0 spiro atoms. The molecule has 0 fully saturated rings. The van der Waals surface area contributed by atoms with Crippen molar-refractivity contribution >= 4 is 29.1 Å². The molecular formula is C32H33ClNO5-. The van der Waals surface area contributed by atoms with Crippen LogP contribution in [0.1, 0.15) is 70.4 Å². The lowest BCUT2D eigenvalue weighted by molar-refractivity contribution is -0.307. The van der Waals surface area contributed by atoms with Gasteiger partial charge < -0.3 is 19.5 Å². The fraction of sp³-hybridized carbons (Fsp3) is 0.406. The highest BCUT2D eigenvalue weighted by atomic mass is 35.5. The second kappa shape index (κ2) is 9.98. The Morgan fingerprint density at radius 1 is 0.923 bits per heavy atom. The third kappa shape index (κ3) is 5.40. The predicted molar refractivity (Wildman–Crippen MR) is 147 cm³/mol. The summed E-state index contributed by atoms with van der Waals surface area (Å²) in [5, 5.41) is 11.7. The number of aliphatic carboxylic acids is 1.